The van der Waals surface area contributed by atoms with Crippen molar-refractivity contribution in [2.75, 3.05) is 24.5 Å². The third-order valence-electron chi connectivity index (χ3n) is 4.91. The molecule has 1 aromatic heterocycles. The van der Waals surface area contributed by atoms with Gasteiger partial charge in [0.2, 0.25) is 10.0 Å². The molecule has 0 saturated carbocycles. The fraction of sp³-hybridized carbons (Fsp3) is 0.300. The molecule has 152 valence electrons. The average Bonchev–Trinajstić information content (AvgIpc) is 3.38. The van der Waals surface area contributed by atoms with Crippen molar-refractivity contribution in [2.24, 2.45) is 0 Å². The van der Waals surface area contributed by atoms with E-state index in [2.05, 4.69) is 4.98 Å². The fourth-order valence-electron chi connectivity index (χ4n) is 3.39. The Morgan fingerprint density at radius 2 is 1.97 bits per heavy atom. The Labute approximate surface area is 178 Å². The third-order valence-corrected chi connectivity index (χ3v) is 8.10. The molecular weight excluding hydrogens is 430 g/mol. The lowest BCUT2D eigenvalue weighted by Crippen LogP contribution is -2.31. The Bertz CT molecular complexity index is 1170. The predicted octanol–water partition coefficient (Wildman–Crippen LogP) is 4.40. The number of rotatable bonds is 5. The Morgan fingerprint density at radius 1 is 1.21 bits per heavy atom. The summed E-state index contributed by atoms with van der Waals surface area (Å²) in [5.41, 5.74) is 1.05. The summed E-state index contributed by atoms with van der Waals surface area (Å²) in [5.74, 6) is -0.281. The quantitative estimate of drug-likeness (QED) is 0.578. The number of sulfonamides is 1. The number of benzene rings is 2. The van der Waals surface area contributed by atoms with Gasteiger partial charge in [-0.1, -0.05) is 29.0 Å². The molecule has 1 aliphatic heterocycles. The first-order valence-electron chi connectivity index (χ1n) is 9.38. The first-order chi connectivity index (χ1) is 13.9. The number of anilines is 1. The van der Waals surface area contributed by atoms with Gasteiger partial charge in [0.15, 0.2) is 5.13 Å². The summed E-state index contributed by atoms with van der Waals surface area (Å²) in [4.78, 5) is 19.4. The monoisotopic (exact) mass is 449 g/mol. The second kappa shape index (κ2) is 8.02. The van der Waals surface area contributed by atoms with Crippen LogP contribution >= 0.6 is 22.9 Å². The van der Waals surface area contributed by atoms with E-state index in [1.54, 1.807) is 35.2 Å². The van der Waals surface area contributed by atoms with Gasteiger partial charge in [-0.25, -0.2) is 13.4 Å². The molecular formula is C20H20ClN3O3S2. The van der Waals surface area contributed by atoms with Crippen molar-refractivity contribution < 1.29 is 13.2 Å². The van der Waals surface area contributed by atoms with Crippen LogP contribution in [0.15, 0.2) is 47.4 Å². The van der Waals surface area contributed by atoms with E-state index in [4.69, 9.17) is 11.6 Å². The molecule has 9 heteroatoms. The summed E-state index contributed by atoms with van der Waals surface area (Å²) >= 11 is 7.44. The summed E-state index contributed by atoms with van der Waals surface area (Å²) in [7, 11) is -3.58. The van der Waals surface area contributed by atoms with Crippen molar-refractivity contribution in [1.82, 2.24) is 9.29 Å². The van der Waals surface area contributed by atoms with Crippen LogP contribution in [0.3, 0.4) is 0 Å². The molecule has 3 aromatic rings. The lowest BCUT2D eigenvalue weighted by Gasteiger charge is -2.19. The summed E-state index contributed by atoms with van der Waals surface area (Å²) in [6, 6.07) is 11.7. The molecule has 1 saturated heterocycles. The predicted molar refractivity (Wildman–Crippen MR) is 116 cm³/mol. The smallest absolute Gasteiger partial charge is 0.260 e. The van der Waals surface area contributed by atoms with Crippen LogP contribution in [0, 0.1) is 0 Å². The molecule has 1 amide bonds. The van der Waals surface area contributed by atoms with Crippen molar-refractivity contribution in [3.8, 4) is 0 Å². The van der Waals surface area contributed by atoms with E-state index in [0.29, 0.717) is 35.4 Å². The van der Waals surface area contributed by atoms with Crippen LogP contribution in [0.5, 0.6) is 0 Å². The standard InChI is InChI=1S/C20H20ClN3O3S2/c1-2-24(20-22-17-13-15(21)8-9-18(17)28-20)19(25)14-6-5-7-16(12-14)29(26,27)23-10-3-4-11-23/h5-9,12-13H,2-4,10-11H2,1H3. The highest BCUT2D eigenvalue weighted by Crippen LogP contribution is 2.31. The van der Waals surface area contributed by atoms with Crippen LogP contribution in [0.1, 0.15) is 30.1 Å². The van der Waals surface area contributed by atoms with Gasteiger partial charge in [-0.2, -0.15) is 4.31 Å². The van der Waals surface area contributed by atoms with Crippen LogP contribution in [0.25, 0.3) is 10.2 Å². The second-order valence-electron chi connectivity index (χ2n) is 6.80. The van der Waals surface area contributed by atoms with Gasteiger partial charge in [-0.15, -0.1) is 0 Å². The van der Waals surface area contributed by atoms with E-state index in [1.165, 1.54) is 21.7 Å². The van der Waals surface area contributed by atoms with E-state index in [0.717, 1.165) is 23.1 Å². The molecule has 0 bridgehead atoms. The van der Waals surface area contributed by atoms with Gasteiger partial charge in [-0.3, -0.25) is 9.69 Å². The molecule has 1 aliphatic rings. The number of thiazole rings is 1. The average molecular weight is 450 g/mol. The highest BCUT2D eigenvalue weighted by molar-refractivity contribution is 7.89. The lowest BCUT2D eigenvalue weighted by molar-refractivity contribution is 0.0988. The summed E-state index contributed by atoms with van der Waals surface area (Å²) in [5, 5.41) is 1.14. The van der Waals surface area contributed by atoms with Gasteiger partial charge >= 0.3 is 0 Å². The Morgan fingerprint density at radius 3 is 2.69 bits per heavy atom. The lowest BCUT2D eigenvalue weighted by atomic mass is 10.2. The maximum atomic E-state index is 13.2. The van der Waals surface area contributed by atoms with Crippen LogP contribution in [0.2, 0.25) is 5.02 Å². The zero-order valence-electron chi connectivity index (χ0n) is 15.8. The minimum Gasteiger partial charge on any atom is -0.284 e. The summed E-state index contributed by atoms with van der Waals surface area (Å²) in [6.07, 6.45) is 1.73. The highest BCUT2D eigenvalue weighted by atomic mass is 35.5. The number of aromatic nitrogens is 1. The van der Waals surface area contributed by atoms with Gasteiger partial charge in [0.05, 0.1) is 15.1 Å². The Kier molecular flexibility index (Phi) is 5.61. The molecule has 4 rings (SSSR count). The van der Waals surface area contributed by atoms with E-state index < -0.39 is 10.0 Å². The molecule has 1 fully saturated rings. The van der Waals surface area contributed by atoms with Crippen molar-refractivity contribution in [3.05, 3.63) is 53.1 Å². The molecule has 0 radical (unpaired) electrons. The second-order valence-corrected chi connectivity index (χ2v) is 10.2. The number of amides is 1. The van der Waals surface area contributed by atoms with Crippen molar-refractivity contribution >= 4 is 54.2 Å². The molecule has 0 atom stereocenters. The number of halogens is 1. The van der Waals surface area contributed by atoms with Gasteiger partial charge in [-0.05, 0) is 56.2 Å². The Balaban J connectivity index is 1.67. The van der Waals surface area contributed by atoms with Gasteiger partial charge in [0.1, 0.15) is 0 Å². The number of hydrogen-bond acceptors (Lipinski definition) is 5. The number of fused-ring (bicyclic) bond motifs is 1. The molecule has 0 aliphatic carbocycles. The molecule has 6 nitrogen and oxygen atoms in total. The van der Waals surface area contributed by atoms with Gasteiger partial charge in [0.25, 0.3) is 5.91 Å². The fourth-order valence-corrected chi connectivity index (χ4v) is 6.13. The van der Waals surface area contributed by atoms with E-state index >= 15 is 0 Å². The molecule has 29 heavy (non-hydrogen) atoms. The minimum atomic E-state index is -3.58. The third kappa shape index (κ3) is 3.90. The zero-order valence-corrected chi connectivity index (χ0v) is 18.2. The molecule has 0 N–H and O–H groups in total. The topological polar surface area (TPSA) is 70.6 Å². The highest BCUT2D eigenvalue weighted by Gasteiger charge is 2.28. The maximum Gasteiger partial charge on any atom is 0.260 e. The van der Waals surface area contributed by atoms with Crippen molar-refractivity contribution in [1.29, 1.82) is 0 Å². The molecule has 2 aromatic carbocycles. The molecule has 0 unspecified atom stereocenters. The van der Waals surface area contributed by atoms with Gasteiger partial charge < -0.3 is 0 Å². The number of carbonyl (C=O) groups excluding carboxylic acids is 1. The number of carbonyl (C=O) groups is 1. The maximum absolute atomic E-state index is 13.2. The van der Waals surface area contributed by atoms with Crippen LogP contribution in [-0.4, -0.2) is 43.2 Å². The van der Waals surface area contributed by atoms with Crippen molar-refractivity contribution in [2.45, 2.75) is 24.7 Å². The number of hydrogen-bond donors (Lipinski definition) is 0. The van der Waals surface area contributed by atoms with Gasteiger partial charge in [0, 0.05) is 30.2 Å². The summed E-state index contributed by atoms with van der Waals surface area (Å²) < 4.78 is 28.1. The van der Waals surface area contributed by atoms with Crippen molar-refractivity contribution in [3.63, 3.8) is 0 Å². The van der Waals surface area contributed by atoms with Crippen LogP contribution < -0.4 is 4.90 Å². The van der Waals surface area contributed by atoms with Crippen LogP contribution in [0.4, 0.5) is 5.13 Å². The summed E-state index contributed by atoms with van der Waals surface area (Å²) in [6.45, 7) is 3.32. The van der Waals surface area contributed by atoms with Crippen LogP contribution in [-0.2, 0) is 10.0 Å². The number of nitrogens with zero attached hydrogens (tertiary/aromatic N) is 3. The molecule has 0 spiro atoms. The first-order valence-corrected chi connectivity index (χ1v) is 12.0. The van der Waals surface area contributed by atoms with E-state index in [-0.39, 0.29) is 10.8 Å². The van der Waals surface area contributed by atoms with E-state index in [1.807, 2.05) is 13.0 Å². The first kappa shape index (κ1) is 20.3. The Hall–Kier alpha value is -2.00. The largest absolute Gasteiger partial charge is 0.284 e. The zero-order chi connectivity index (χ0) is 20.6. The molecule has 2 heterocycles. The normalized spacial score (nSPS) is 15.1. The minimum absolute atomic E-state index is 0.150. The van der Waals surface area contributed by atoms with E-state index in [9.17, 15) is 13.2 Å². The SMILES string of the molecule is CCN(C(=O)c1cccc(S(=O)(=O)N2CCCC2)c1)c1nc2cc(Cl)ccc2s1.